The van der Waals surface area contributed by atoms with Gasteiger partial charge < -0.3 is 14.5 Å². The van der Waals surface area contributed by atoms with E-state index in [-0.39, 0.29) is 30.4 Å². The van der Waals surface area contributed by atoms with Crippen LogP contribution in [0.25, 0.3) is 0 Å². The van der Waals surface area contributed by atoms with Crippen molar-refractivity contribution in [3.8, 4) is 0 Å². The summed E-state index contributed by atoms with van der Waals surface area (Å²) in [5.74, 6) is -0.106. The molecule has 0 radical (unpaired) electrons. The molecular weight excluding hydrogens is 296 g/mol. The molecule has 2 amide bonds. The highest BCUT2D eigenvalue weighted by molar-refractivity contribution is 5.89. The van der Waals surface area contributed by atoms with Crippen LogP contribution in [0.5, 0.6) is 0 Å². The molecule has 7 nitrogen and oxygen atoms in total. The molecule has 0 unspecified atom stereocenters. The van der Waals surface area contributed by atoms with Crippen molar-refractivity contribution in [3.05, 3.63) is 18.0 Å². The molecule has 1 aromatic rings. The van der Waals surface area contributed by atoms with E-state index in [1.165, 1.54) is 0 Å². The van der Waals surface area contributed by atoms with Crippen LogP contribution < -0.4 is 0 Å². The van der Waals surface area contributed by atoms with Crippen LogP contribution in [-0.4, -0.2) is 57.3 Å². The van der Waals surface area contributed by atoms with Crippen molar-refractivity contribution in [2.45, 2.75) is 37.8 Å². The Hall–Kier alpha value is -1.89. The van der Waals surface area contributed by atoms with Gasteiger partial charge in [-0.2, -0.15) is 5.10 Å². The smallest absolute Gasteiger partial charge is 0.243 e. The van der Waals surface area contributed by atoms with Crippen LogP contribution in [0.15, 0.2) is 12.4 Å². The van der Waals surface area contributed by atoms with Crippen LogP contribution >= 0.6 is 0 Å². The Morgan fingerprint density at radius 2 is 2.17 bits per heavy atom. The van der Waals surface area contributed by atoms with Crippen LogP contribution in [0.4, 0.5) is 0 Å². The molecule has 2 aliphatic heterocycles. The summed E-state index contributed by atoms with van der Waals surface area (Å²) in [7, 11) is 1.86. The quantitative estimate of drug-likeness (QED) is 0.822. The highest BCUT2D eigenvalue weighted by Crippen LogP contribution is 2.36. The molecule has 23 heavy (non-hydrogen) atoms. The Kier molecular flexibility index (Phi) is 3.60. The maximum absolute atomic E-state index is 13.0. The third kappa shape index (κ3) is 2.73. The minimum absolute atomic E-state index is 0.0371. The highest BCUT2D eigenvalue weighted by Gasteiger charge is 2.43. The average Bonchev–Trinajstić information content (AvgIpc) is 3.19. The lowest BCUT2D eigenvalue weighted by Crippen LogP contribution is -2.40. The van der Waals surface area contributed by atoms with Gasteiger partial charge in [-0.25, -0.2) is 0 Å². The van der Waals surface area contributed by atoms with E-state index in [2.05, 4.69) is 5.10 Å². The van der Waals surface area contributed by atoms with Crippen LogP contribution in [0.3, 0.4) is 0 Å². The first-order chi connectivity index (χ1) is 11.1. The lowest BCUT2D eigenvalue weighted by atomic mass is 9.89. The minimum atomic E-state index is -0.255. The van der Waals surface area contributed by atoms with E-state index < -0.39 is 0 Å². The largest absolute Gasteiger partial charge is 0.373 e. The number of aryl methyl sites for hydroxylation is 1. The average molecular weight is 318 g/mol. The van der Waals surface area contributed by atoms with Crippen molar-refractivity contribution in [3.63, 3.8) is 0 Å². The lowest BCUT2D eigenvalue weighted by molar-refractivity contribution is -0.145. The molecule has 124 valence electrons. The number of carbonyl (C=O) groups is 2. The second-order valence-electron chi connectivity index (χ2n) is 6.76. The van der Waals surface area contributed by atoms with Crippen LogP contribution in [0.1, 0.15) is 37.4 Å². The summed E-state index contributed by atoms with van der Waals surface area (Å²) in [5.41, 5.74) is 0.940. The second-order valence-corrected chi connectivity index (χ2v) is 6.76. The molecule has 2 atom stereocenters. The SMILES string of the molecule is Cn1cc([C@@H]2OCCC[C@H]2C(=O)N2CC(=O)N(C3CC3)C2)cn1. The van der Waals surface area contributed by atoms with Crippen molar-refractivity contribution in [2.75, 3.05) is 19.8 Å². The number of aromatic nitrogens is 2. The van der Waals surface area contributed by atoms with E-state index >= 15 is 0 Å². The fraction of sp³-hybridized carbons (Fsp3) is 0.688. The second kappa shape index (κ2) is 5.63. The first kappa shape index (κ1) is 14.7. The molecule has 0 N–H and O–H groups in total. The number of ether oxygens (including phenoxy) is 1. The number of hydrogen-bond acceptors (Lipinski definition) is 4. The summed E-state index contributed by atoms with van der Waals surface area (Å²) in [5, 5.41) is 4.19. The van der Waals surface area contributed by atoms with Gasteiger partial charge in [0.25, 0.3) is 0 Å². The molecule has 2 saturated heterocycles. The van der Waals surface area contributed by atoms with Crippen LogP contribution in [0, 0.1) is 5.92 Å². The van der Waals surface area contributed by atoms with E-state index in [4.69, 9.17) is 4.74 Å². The van der Waals surface area contributed by atoms with Gasteiger partial charge in [0.05, 0.1) is 24.9 Å². The normalized spacial score (nSPS) is 28.5. The molecule has 1 aromatic heterocycles. The van der Waals surface area contributed by atoms with Crippen molar-refractivity contribution in [1.82, 2.24) is 19.6 Å². The van der Waals surface area contributed by atoms with Gasteiger partial charge in [-0.15, -0.1) is 0 Å². The number of amides is 2. The van der Waals surface area contributed by atoms with E-state index in [0.29, 0.717) is 19.3 Å². The molecule has 4 rings (SSSR count). The maximum atomic E-state index is 13.0. The molecule has 1 saturated carbocycles. The van der Waals surface area contributed by atoms with Gasteiger partial charge in [0.15, 0.2) is 0 Å². The monoisotopic (exact) mass is 318 g/mol. The van der Waals surface area contributed by atoms with E-state index in [0.717, 1.165) is 31.2 Å². The Balaban J connectivity index is 1.50. The number of carbonyl (C=O) groups excluding carboxylic acids is 2. The van der Waals surface area contributed by atoms with Gasteiger partial charge in [-0.1, -0.05) is 0 Å². The Morgan fingerprint density at radius 3 is 2.87 bits per heavy atom. The fourth-order valence-corrected chi connectivity index (χ4v) is 3.60. The Labute approximate surface area is 135 Å². The molecular formula is C16H22N4O3. The predicted octanol–water partition coefficient (Wildman–Crippen LogP) is 0.678. The van der Waals surface area contributed by atoms with E-state index in [9.17, 15) is 9.59 Å². The predicted molar refractivity (Wildman–Crippen MR) is 81.1 cm³/mol. The highest BCUT2D eigenvalue weighted by atomic mass is 16.5. The summed E-state index contributed by atoms with van der Waals surface area (Å²) in [6.07, 6.45) is 7.23. The fourth-order valence-electron chi connectivity index (χ4n) is 3.60. The Morgan fingerprint density at radius 1 is 1.35 bits per heavy atom. The topological polar surface area (TPSA) is 67.7 Å². The zero-order valence-corrected chi connectivity index (χ0v) is 13.4. The molecule has 3 aliphatic rings. The first-order valence-electron chi connectivity index (χ1n) is 8.32. The van der Waals surface area contributed by atoms with Gasteiger partial charge in [0.2, 0.25) is 11.8 Å². The zero-order valence-electron chi connectivity index (χ0n) is 13.4. The maximum Gasteiger partial charge on any atom is 0.243 e. The van der Waals surface area contributed by atoms with Crippen LogP contribution in [-0.2, 0) is 21.4 Å². The third-order valence-electron chi connectivity index (χ3n) is 4.96. The lowest BCUT2D eigenvalue weighted by Gasteiger charge is -2.32. The number of rotatable bonds is 3. The molecule has 3 fully saturated rings. The molecule has 0 spiro atoms. The summed E-state index contributed by atoms with van der Waals surface area (Å²) in [6, 6.07) is 0.358. The number of hydrogen-bond donors (Lipinski definition) is 0. The molecule has 3 heterocycles. The summed E-state index contributed by atoms with van der Waals surface area (Å²) in [4.78, 5) is 28.6. The van der Waals surface area contributed by atoms with Gasteiger partial charge in [0.1, 0.15) is 6.54 Å². The molecule has 0 bridgehead atoms. The van der Waals surface area contributed by atoms with E-state index in [1.54, 1.807) is 15.8 Å². The van der Waals surface area contributed by atoms with Gasteiger partial charge in [0, 0.05) is 31.5 Å². The van der Waals surface area contributed by atoms with Gasteiger partial charge in [-0.05, 0) is 25.7 Å². The van der Waals surface area contributed by atoms with Gasteiger partial charge in [-0.3, -0.25) is 14.3 Å². The Bertz CT molecular complexity index is 625. The van der Waals surface area contributed by atoms with Gasteiger partial charge >= 0.3 is 0 Å². The molecule has 0 aromatic carbocycles. The van der Waals surface area contributed by atoms with Crippen molar-refractivity contribution < 1.29 is 14.3 Å². The van der Waals surface area contributed by atoms with E-state index in [1.807, 2.05) is 18.1 Å². The van der Waals surface area contributed by atoms with Crippen LogP contribution in [0.2, 0.25) is 0 Å². The van der Waals surface area contributed by atoms with Crippen molar-refractivity contribution >= 4 is 11.8 Å². The van der Waals surface area contributed by atoms with Crippen molar-refractivity contribution in [2.24, 2.45) is 13.0 Å². The number of nitrogens with zero attached hydrogens (tertiary/aromatic N) is 4. The summed E-state index contributed by atoms with van der Waals surface area (Å²) in [6.45, 7) is 1.32. The minimum Gasteiger partial charge on any atom is -0.373 e. The summed E-state index contributed by atoms with van der Waals surface area (Å²) >= 11 is 0. The third-order valence-corrected chi connectivity index (χ3v) is 4.96. The molecule has 1 aliphatic carbocycles. The standard InChI is InChI=1S/C16H22N4O3/c1-18-8-11(7-17-18)15-13(3-2-6-23-15)16(22)19-9-14(21)20(10-19)12-4-5-12/h7-8,12-13,15H,2-6,9-10H2,1H3/t13-,15+/m1/s1. The summed E-state index contributed by atoms with van der Waals surface area (Å²) < 4.78 is 7.61. The zero-order chi connectivity index (χ0) is 16.0. The van der Waals surface area contributed by atoms with Crippen molar-refractivity contribution in [1.29, 1.82) is 0 Å². The first-order valence-corrected chi connectivity index (χ1v) is 8.32. The molecule has 7 heteroatoms.